The van der Waals surface area contributed by atoms with Gasteiger partial charge in [-0.15, -0.1) is 0 Å². The van der Waals surface area contributed by atoms with E-state index in [1.54, 1.807) is 12.4 Å². The first-order chi connectivity index (χ1) is 5.09. The van der Waals surface area contributed by atoms with Crippen molar-refractivity contribution in [3.63, 3.8) is 0 Å². The first kappa shape index (κ1) is 7.78. The summed E-state index contributed by atoms with van der Waals surface area (Å²) >= 11 is 0. The highest BCUT2D eigenvalue weighted by atomic mass is 16.7. The van der Waals surface area contributed by atoms with Crippen LogP contribution in [0.4, 0.5) is 11.4 Å². The van der Waals surface area contributed by atoms with Gasteiger partial charge in [0.2, 0.25) is 0 Å². The Morgan fingerprint density at radius 1 is 1.27 bits per heavy atom. The van der Waals surface area contributed by atoms with Gasteiger partial charge in [0.15, 0.2) is 0 Å². The van der Waals surface area contributed by atoms with Crippen LogP contribution in [-0.4, -0.2) is 10.8 Å². The van der Waals surface area contributed by atoms with Crippen LogP contribution in [-0.2, 0) is 0 Å². The van der Waals surface area contributed by atoms with E-state index in [4.69, 9.17) is 16.3 Å². The monoisotopic (exact) mass is 155 g/mol. The highest BCUT2D eigenvalue weighted by Crippen LogP contribution is 2.13. The van der Waals surface area contributed by atoms with Crippen LogP contribution >= 0.6 is 0 Å². The van der Waals surface area contributed by atoms with E-state index in [2.05, 4.69) is 0 Å². The van der Waals surface area contributed by atoms with E-state index in [9.17, 15) is 0 Å². The molecule has 0 saturated carbocycles. The molecule has 1 heterocycles. The molecule has 0 aliphatic carbocycles. The molecule has 11 heavy (non-hydrogen) atoms. The normalized spacial score (nSPS) is 10.5. The molecule has 62 valence electrons. The Balaban J connectivity index is 2.73. The molecule has 0 atom stereocenters. The van der Waals surface area contributed by atoms with Gasteiger partial charge in [0.05, 0.1) is 23.8 Å². The molecule has 0 fully saturated rings. The topological polar surface area (TPSA) is 66.2 Å². The largest absolute Gasteiger partial charge is 0.412 e. The first-order valence-corrected chi connectivity index (χ1v) is 3.49. The highest BCUT2D eigenvalue weighted by molar-refractivity contribution is 5.61. The number of nitrogens with two attached hydrogens (primary N) is 2. The fourth-order valence-electron chi connectivity index (χ4n) is 0.765. The number of hydrogen-bond acceptors (Lipinski definition) is 3. The zero-order valence-electron chi connectivity index (χ0n) is 6.74. The van der Waals surface area contributed by atoms with Crippen molar-refractivity contribution >= 4 is 11.4 Å². The van der Waals surface area contributed by atoms with E-state index in [-0.39, 0.29) is 6.10 Å². The molecule has 0 bridgehead atoms. The lowest BCUT2D eigenvalue weighted by molar-refractivity contribution is 0.0609. The van der Waals surface area contributed by atoms with E-state index in [1.165, 1.54) is 4.73 Å². The third-order valence-electron chi connectivity index (χ3n) is 1.20. The predicted molar refractivity (Wildman–Crippen MR) is 45.0 cm³/mol. The smallest absolute Gasteiger partial charge is 0.119 e. The van der Waals surface area contributed by atoms with Gasteiger partial charge in [-0.05, 0) is 13.8 Å². The van der Waals surface area contributed by atoms with Gasteiger partial charge >= 0.3 is 0 Å². The number of rotatable bonds is 2. The maximum absolute atomic E-state index is 5.49. The summed E-state index contributed by atoms with van der Waals surface area (Å²) in [7, 11) is 0. The quantitative estimate of drug-likeness (QED) is 0.653. The highest BCUT2D eigenvalue weighted by Gasteiger charge is 2.00. The molecule has 4 heteroatoms. The SMILES string of the molecule is CC(C)On1cc(N)c(N)c1. The second-order valence-electron chi connectivity index (χ2n) is 2.68. The molecule has 0 unspecified atom stereocenters. The van der Waals surface area contributed by atoms with Crippen molar-refractivity contribution in [2.45, 2.75) is 20.0 Å². The first-order valence-electron chi connectivity index (χ1n) is 3.49. The minimum atomic E-state index is 0.126. The average Bonchev–Trinajstić information content (AvgIpc) is 2.10. The Kier molecular flexibility index (Phi) is 1.94. The lowest BCUT2D eigenvalue weighted by atomic mass is 10.5. The third-order valence-corrected chi connectivity index (χ3v) is 1.20. The number of aromatic nitrogens is 1. The van der Waals surface area contributed by atoms with Crippen LogP contribution in [0.1, 0.15) is 13.8 Å². The second-order valence-corrected chi connectivity index (χ2v) is 2.68. The van der Waals surface area contributed by atoms with Gasteiger partial charge in [-0.1, -0.05) is 0 Å². The van der Waals surface area contributed by atoms with Crippen LogP contribution in [0.5, 0.6) is 0 Å². The summed E-state index contributed by atoms with van der Waals surface area (Å²) in [6.45, 7) is 3.87. The number of anilines is 2. The molecule has 1 aromatic rings. The zero-order chi connectivity index (χ0) is 8.43. The molecule has 0 spiro atoms. The summed E-state index contributed by atoms with van der Waals surface area (Å²) in [6, 6.07) is 0. The van der Waals surface area contributed by atoms with Crippen LogP contribution in [0, 0.1) is 0 Å². The van der Waals surface area contributed by atoms with Gasteiger partial charge < -0.3 is 16.3 Å². The molecule has 0 aliphatic heterocycles. The molecule has 0 saturated heterocycles. The molecule has 0 radical (unpaired) electrons. The van der Waals surface area contributed by atoms with Crippen molar-refractivity contribution < 1.29 is 4.84 Å². The Hall–Kier alpha value is -1.32. The van der Waals surface area contributed by atoms with E-state index in [0.717, 1.165) is 0 Å². The number of nitrogen functional groups attached to an aromatic ring is 2. The fraction of sp³-hybridized carbons (Fsp3) is 0.429. The third kappa shape index (κ3) is 1.80. The Labute approximate surface area is 65.7 Å². The van der Waals surface area contributed by atoms with Crippen LogP contribution in [0.15, 0.2) is 12.4 Å². The number of hydrogen-bond donors (Lipinski definition) is 2. The maximum atomic E-state index is 5.49. The maximum Gasteiger partial charge on any atom is 0.119 e. The van der Waals surface area contributed by atoms with E-state index >= 15 is 0 Å². The Morgan fingerprint density at radius 2 is 1.73 bits per heavy atom. The van der Waals surface area contributed by atoms with E-state index in [1.807, 2.05) is 13.8 Å². The predicted octanol–water partition coefficient (Wildman–Crippen LogP) is 0.490. The molecule has 1 aromatic heterocycles. The van der Waals surface area contributed by atoms with Gasteiger partial charge in [-0.2, -0.15) is 4.73 Å². The summed E-state index contributed by atoms with van der Waals surface area (Å²) in [5.41, 5.74) is 12.1. The van der Waals surface area contributed by atoms with Crippen LogP contribution in [0.3, 0.4) is 0 Å². The van der Waals surface area contributed by atoms with Crippen molar-refractivity contribution in [1.82, 2.24) is 4.73 Å². The molecule has 4 N–H and O–H groups in total. The minimum Gasteiger partial charge on any atom is -0.412 e. The van der Waals surface area contributed by atoms with E-state index < -0.39 is 0 Å². The van der Waals surface area contributed by atoms with Crippen LogP contribution < -0.4 is 16.3 Å². The summed E-state index contributed by atoms with van der Waals surface area (Å²) < 4.78 is 1.52. The van der Waals surface area contributed by atoms with Gasteiger partial charge in [0.1, 0.15) is 6.10 Å². The van der Waals surface area contributed by atoms with Gasteiger partial charge in [-0.25, -0.2) is 0 Å². The zero-order valence-corrected chi connectivity index (χ0v) is 6.74. The van der Waals surface area contributed by atoms with E-state index in [0.29, 0.717) is 11.4 Å². The van der Waals surface area contributed by atoms with Crippen molar-refractivity contribution in [3.8, 4) is 0 Å². The summed E-state index contributed by atoms with van der Waals surface area (Å²) in [4.78, 5) is 5.27. The standard InChI is InChI=1S/C7H13N3O/c1-5(2)11-10-3-6(8)7(9)4-10/h3-5H,8-9H2,1-2H3. The average molecular weight is 155 g/mol. The van der Waals surface area contributed by atoms with Crippen molar-refractivity contribution in [2.75, 3.05) is 11.5 Å². The lowest BCUT2D eigenvalue weighted by Gasteiger charge is -2.08. The van der Waals surface area contributed by atoms with Gasteiger partial charge in [0.25, 0.3) is 0 Å². The van der Waals surface area contributed by atoms with Crippen LogP contribution in [0.25, 0.3) is 0 Å². The summed E-state index contributed by atoms with van der Waals surface area (Å²) in [5.74, 6) is 0. The minimum absolute atomic E-state index is 0.126. The van der Waals surface area contributed by atoms with Crippen molar-refractivity contribution in [2.24, 2.45) is 0 Å². The van der Waals surface area contributed by atoms with Gasteiger partial charge in [0, 0.05) is 0 Å². The molecule has 1 rings (SSSR count). The molecule has 0 amide bonds. The van der Waals surface area contributed by atoms with Crippen molar-refractivity contribution in [1.29, 1.82) is 0 Å². The lowest BCUT2D eigenvalue weighted by Crippen LogP contribution is -2.17. The second kappa shape index (κ2) is 2.74. The number of nitrogens with zero attached hydrogens (tertiary/aromatic N) is 1. The molecule has 0 aliphatic rings. The summed E-state index contributed by atoms with van der Waals surface area (Å²) in [6.07, 6.45) is 3.42. The Bertz CT molecular complexity index is 222. The molecular formula is C7H13N3O. The van der Waals surface area contributed by atoms with Crippen molar-refractivity contribution in [3.05, 3.63) is 12.4 Å². The Morgan fingerprint density at radius 3 is 2.09 bits per heavy atom. The molecule has 4 nitrogen and oxygen atoms in total. The van der Waals surface area contributed by atoms with Gasteiger partial charge in [-0.3, -0.25) is 0 Å². The molecular weight excluding hydrogens is 142 g/mol. The summed E-state index contributed by atoms with van der Waals surface area (Å²) in [5, 5.41) is 0. The fourth-order valence-corrected chi connectivity index (χ4v) is 0.765. The molecule has 0 aromatic carbocycles. The van der Waals surface area contributed by atoms with Crippen LogP contribution in [0.2, 0.25) is 0 Å².